The summed E-state index contributed by atoms with van der Waals surface area (Å²) in [6, 6.07) is 3.80. The Labute approximate surface area is 113 Å². The van der Waals surface area contributed by atoms with Crippen LogP contribution in [0.5, 0.6) is 11.5 Å². The molecule has 0 bridgehead atoms. The molecule has 0 spiro atoms. The van der Waals surface area contributed by atoms with Crippen molar-refractivity contribution in [3.8, 4) is 23.8 Å². The van der Waals surface area contributed by atoms with E-state index in [0.717, 1.165) is 12.0 Å². The van der Waals surface area contributed by atoms with Crippen molar-refractivity contribution in [1.82, 2.24) is 5.32 Å². The average molecular weight is 268 g/mol. The van der Waals surface area contributed by atoms with E-state index in [4.69, 9.17) is 27.5 Å². The van der Waals surface area contributed by atoms with E-state index in [1.807, 2.05) is 19.1 Å². The van der Waals surface area contributed by atoms with Gasteiger partial charge in [-0.2, -0.15) is 0 Å². The molecule has 1 aromatic carbocycles. The molecule has 0 saturated carbocycles. The van der Waals surface area contributed by atoms with Gasteiger partial charge in [0.1, 0.15) is 0 Å². The summed E-state index contributed by atoms with van der Waals surface area (Å²) >= 11 is 6.12. The highest BCUT2D eigenvalue weighted by molar-refractivity contribution is 6.32. The molecule has 1 atom stereocenters. The molecule has 0 amide bonds. The van der Waals surface area contributed by atoms with Gasteiger partial charge in [0.2, 0.25) is 0 Å². The Morgan fingerprint density at radius 2 is 2.11 bits per heavy atom. The van der Waals surface area contributed by atoms with Crippen molar-refractivity contribution >= 4 is 11.6 Å². The first-order valence-electron chi connectivity index (χ1n) is 5.76. The topological polar surface area (TPSA) is 30.5 Å². The lowest BCUT2D eigenvalue weighted by Crippen LogP contribution is -2.26. The third-order valence-electron chi connectivity index (χ3n) is 2.66. The molecule has 0 heterocycles. The summed E-state index contributed by atoms with van der Waals surface area (Å²) in [4.78, 5) is 0. The molecule has 3 nitrogen and oxygen atoms in total. The Balaban J connectivity index is 2.85. The molecule has 4 heteroatoms. The maximum absolute atomic E-state index is 6.12. The zero-order valence-electron chi connectivity index (χ0n) is 10.9. The second-order valence-electron chi connectivity index (χ2n) is 3.82. The molecule has 98 valence electrons. The first-order valence-corrected chi connectivity index (χ1v) is 6.13. The highest BCUT2D eigenvalue weighted by atomic mass is 35.5. The molecule has 0 saturated heterocycles. The van der Waals surface area contributed by atoms with Gasteiger partial charge in [0.05, 0.1) is 25.3 Å². The van der Waals surface area contributed by atoms with Crippen molar-refractivity contribution in [3.63, 3.8) is 0 Å². The first kappa shape index (κ1) is 14.7. The van der Waals surface area contributed by atoms with Crippen molar-refractivity contribution in [3.05, 3.63) is 22.7 Å². The van der Waals surface area contributed by atoms with Gasteiger partial charge >= 0.3 is 0 Å². The predicted molar refractivity (Wildman–Crippen MR) is 74.3 cm³/mol. The highest BCUT2D eigenvalue weighted by Gasteiger charge is 2.11. The molecular weight excluding hydrogens is 250 g/mol. The smallest absolute Gasteiger partial charge is 0.179 e. The fraction of sp³-hybridized carbons (Fsp3) is 0.429. The van der Waals surface area contributed by atoms with Crippen LogP contribution in [-0.4, -0.2) is 20.3 Å². The summed E-state index contributed by atoms with van der Waals surface area (Å²) in [5, 5.41) is 3.79. The fourth-order valence-corrected chi connectivity index (χ4v) is 1.95. The maximum atomic E-state index is 6.12. The standard InChI is InChI=1S/C14H18ClNO2/c1-5-11(6-2)16-9-10-7-12(15)14(18-4)13(8-10)17-3/h1,7-8,11,16H,6,9H2,2-4H3. The van der Waals surface area contributed by atoms with E-state index in [1.54, 1.807) is 14.2 Å². The van der Waals surface area contributed by atoms with Crippen LogP contribution in [0.2, 0.25) is 5.02 Å². The van der Waals surface area contributed by atoms with Crippen LogP contribution in [0.15, 0.2) is 12.1 Å². The van der Waals surface area contributed by atoms with E-state index in [9.17, 15) is 0 Å². The fourth-order valence-electron chi connectivity index (χ4n) is 1.64. The van der Waals surface area contributed by atoms with Crippen LogP contribution < -0.4 is 14.8 Å². The van der Waals surface area contributed by atoms with E-state index in [1.165, 1.54) is 0 Å². The number of ether oxygens (including phenoxy) is 2. The molecule has 1 unspecified atom stereocenters. The summed E-state index contributed by atoms with van der Waals surface area (Å²) in [6.45, 7) is 2.68. The predicted octanol–water partition coefficient (Wildman–Crippen LogP) is 2.86. The summed E-state index contributed by atoms with van der Waals surface area (Å²) in [5.41, 5.74) is 1.01. The van der Waals surface area contributed by atoms with Crippen molar-refractivity contribution in [2.45, 2.75) is 25.9 Å². The molecule has 0 aliphatic rings. The molecule has 1 N–H and O–H groups in total. The Morgan fingerprint density at radius 3 is 2.61 bits per heavy atom. The Hall–Kier alpha value is -1.37. The summed E-state index contributed by atoms with van der Waals surface area (Å²) in [6.07, 6.45) is 6.28. The van der Waals surface area contributed by atoms with Gasteiger partial charge in [0.25, 0.3) is 0 Å². The summed E-state index contributed by atoms with van der Waals surface area (Å²) in [5.74, 6) is 3.86. The van der Waals surface area contributed by atoms with Gasteiger partial charge in [-0.3, -0.25) is 5.32 Å². The zero-order valence-corrected chi connectivity index (χ0v) is 11.7. The Morgan fingerprint density at radius 1 is 1.39 bits per heavy atom. The van der Waals surface area contributed by atoms with Gasteiger partial charge in [-0.15, -0.1) is 6.42 Å². The van der Waals surface area contributed by atoms with Gasteiger partial charge in [-0.1, -0.05) is 24.4 Å². The molecule has 0 fully saturated rings. The number of terminal acetylenes is 1. The number of hydrogen-bond acceptors (Lipinski definition) is 3. The lowest BCUT2D eigenvalue weighted by molar-refractivity contribution is 0.354. The lowest BCUT2D eigenvalue weighted by Gasteiger charge is -2.14. The van der Waals surface area contributed by atoms with Gasteiger partial charge in [0, 0.05) is 6.54 Å². The number of hydrogen-bond donors (Lipinski definition) is 1. The second kappa shape index (κ2) is 7.15. The maximum Gasteiger partial charge on any atom is 0.179 e. The van der Waals surface area contributed by atoms with Crippen molar-refractivity contribution in [1.29, 1.82) is 0 Å². The van der Waals surface area contributed by atoms with E-state index in [2.05, 4.69) is 11.2 Å². The number of methoxy groups -OCH3 is 2. The quantitative estimate of drug-likeness (QED) is 0.804. The van der Waals surface area contributed by atoms with E-state index >= 15 is 0 Å². The molecule has 0 aliphatic carbocycles. The number of nitrogens with one attached hydrogen (secondary N) is 1. The molecule has 18 heavy (non-hydrogen) atoms. The summed E-state index contributed by atoms with van der Waals surface area (Å²) < 4.78 is 10.4. The van der Waals surface area contributed by atoms with Gasteiger partial charge in [-0.25, -0.2) is 0 Å². The van der Waals surface area contributed by atoms with Crippen molar-refractivity contribution < 1.29 is 9.47 Å². The minimum Gasteiger partial charge on any atom is -0.493 e. The van der Waals surface area contributed by atoms with E-state index in [-0.39, 0.29) is 6.04 Å². The van der Waals surface area contributed by atoms with Crippen LogP contribution in [-0.2, 0) is 6.54 Å². The number of halogens is 1. The minimum absolute atomic E-state index is 0.0665. The molecule has 1 rings (SSSR count). The zero-order chi connectivity index (χ0) is 13.5. The molecule has 1 aromatic rings. The SMILES string of the molecule is C#CC(CC)NCc1cc(Cl)c(OC)c(OC)c1. The van der Waals surface area contributed by atoms with Crippen molar-refractivity contribution in [2.24, 2.45) is 0 Å². The highest BCUT2D eigenvalue weighted by Crippen LogP contribution is 2.35. The largest absolute Gasteiger partial charge is 0.493 e. The van der Waals surface area contributed by atoms with Crippen LogP contribution in [0.1, 0.15) is 18.9 Å². The monoisotopic (exact) mass is 267 g/mol. The van der Waals surface area contributed by atoms with Crippen molar-refractivity contribution in [2.75, 3.05) is 14.2 Å². The van der Waals surface area contributed by atoms with Gasteiger partial charge in [-0.05, 0) is 24.1 Å². The molecule has 0 radical (unpaired) electrons. The van der Waals surface area contributed by atoms with Crippen LogP contribution in [0.3, 0.4) is 0 Å². The number of benzene rings is 1. The summed E-state index contributed by atoms with van der Waals surface area (Å²) in [7, 11) is 3.15. The first-order chi connectivity index (χ1) is 8.65. The lowest BCUT2D eigenvalue weighted by atomic mass is 10.1. The van der Waals surface area contributed by atoms with E-state index < -0.39 is 0 Å². The molecular formula is C14H18ClNO2. The van der Waals surface area contributed by atoms with Crippen LogP contribution in [0.25, 0.3) is 0 Å². The minimum atomic E-state index is 0.0665. The Bertz CT molecular complexity index is 440. The normalized spacial score (nSPS) is 11.7. The van der Waals surface area contributed by atoms with Gasteiger partial charge in [0.15, 0.2) is 11.5 Å². The molecule has 0 aromatic heterocycles. The van der Waals surface area contributed by atoms with Gasteiger partial charge < -0.3 is 9.47 Å². The second-order valence-corrected chi connectivity index (χ2v) is 4.23. The van der Waals surface area contributed by atoms with Crippen LogP contribution in [0, 0.1) is 12.3 Å². The average Bonchev–Trinajstić information content (AvgIpc) is 2.39. The Kier molecular flexibility index (Phi) is 5.84. The van der Waals surface area contributed by atoms with Crippen LogP contribution >= 0.6 is 11.6 Å². The third-order valence-corrected chi connectivity index (χ3v) is 2.94. The van der Waals surface area contributed by atoms with Crippen LogP contribution in [0.4, 0.5) is 0 Å². The molecule has 0 aliphatic heterocycles. The third kappa shape index (κ3) is 3.56. The van der Waals surface area contributed by atoms with E-state index in [0.29, 0.717) is 23.1 Å². The number of rotatable bonds is 6.